The van der Waals surface area contributed by atoms with E-state index < -0.39 is 4.92 Å². The highest BCUT2D eigenvalue weighted by Gasteiger charge is 2.21. The largest absolute Gasteiger partial charge is 0.487 e. The van der Waals surface area contributed by atoms with E-state index in [1.807, 2.05) is 13.8 Å². The van der Waals surface area contributed by atoms with Crippen LogP contribution in [-0.2, 0) is 4.74 Å². The molecule has 20 heavy (non-hydrogen) atoms. The highest BCUT2D eigenvalue weighted by molar-refractivity contribution is 5.68. The molecule has 0 radical (unpaired) electrons. The lowest BCUT2D eigenvalue weighted by molar-refractivity contribution is -0.385. The molecule has 0 saturated carbocycles. The summed E-state index contributed by atoms with van der Waals surface area (Å²) < 4.78 is 10.5. The maximum absolute atomic E-state index is 11.3. The van der Waals surface area contributed by atoms with Crippen molar-refractivity contribution < 1.29 is 14.4 Å². The van der Waals surface area contributed by atoms with Crippen LogP contribution in [0.15, 0.2) is 18.2 Å². The molecule has 1 unspecified atom stereocenters. The molecule has 0 aliphatic heterocycles. The number of hydrogen-bond donors (Lipinski definition) is 1. The number of rotatable bonds is 9. The summed E-state index contributed by atoms with van der Waals surface area (Å²) in [4.78, 5) is 10.9. The summed E-state index contributed by atoms with van der Waals surface area (Å²) in [6.45, 7) is 4.99. The fourth-order valence-corrected chi connectivity index (χ4v) is 1.79. The topological polar surface area (TPSA) is 73.6 Å². The van der Waals surface area contributed by atoms with E-state index in [2.05, 4.69) is 5.32 Å². The summed E-state index contributed by atoms with van der Waals surface area (Å²) in [6, 6.07) is 5.15. The SMILES string of the molecule is CCCOc1cccc(NC(C)CCOC)c1[N+](=O)[O-]. The van der Waals surface area contributed by atoms with Crippen molar-refractivity contribution in [3.05, 3.63) is 28.3 Å². The van der Waals surface area contributed by atoms with Crippen LogP contribution in [0.5, 0.6) is 5.75 Å². The summed E-state index contributed by atoms with van der Waals surface area (Å²) in [6.07, 6.45) is 1.58. The molecule has 1 atom stereocenters. The second-order valence-electron chi connectivity index (χ2n) is 4.58. The number of nitro groups is 1. The van der Waals surface area contributed by atoms with Gasteiger partial charge in [-0.15, -0.1) is 0 Å². The monoisotopic (exact) mass is 282 g/mol. The van der Waals surface area contributed by atoms with Crippen LogP contribution in [-0.4, -0.2) is 31.3 Å². The zero-order valence-electron chi connectivity index (χ0n) is 12.2. The van der Waals surface area contributed by atoms with Gasteiger partial charge in [-0.3, -0.25) is 10.1 Å². The number of nitrogens with one attached hydrogen (secondary N) is 1. The zero-order chi connectivity index (χ0) is 15.0. The lowest BCUT2D eigenvalue weighted by Crippen LogP contribution is -2.18. The van der Waals surface area contributed by atoms with Gasteiger partial charge in [0.15, 0.2) is 5.75 Å². The van der Waals surface area contributed by atoms with Crippen molar-refractivity contribution in [3.8, 4) is 5.75 Å². The Kier molecular flexibility index (Phi) is 6.79. The maximum atomic E-state index is 11.3. The Bertz CT molecular complexity index is 437. The molecular weight excluding hydrogens is 260 g/mol. The molecule has 0 fully saturated rings. The van der Waals surface area contributed by atoms with Gasteiger partial charge in [-0.05, 0) is 31.9 Å². The number of methoxy groups -OCH3 is 1. The van der Waals surface area contributed by atoms with Gasteiger partial charge in [0.2, 0.25) is 0 Å². The number of anilines is 1. The minimum Gasteiger partial charge on any atom is -0.487 e. The third-order valence-corrected chi connectivity index (χ3v) is 2.80. The Labute approximate surface area is 119 Å². The number of para-hydroxylation sites is 1. The fourth-order valence-electron chi connectivity index (χ4n) is 1.79. The second-order valence-corrected chi connectivity index (χ2v) is 4.58. The minimum absolute atomic E-state index is 0.00906. The zero-order valence-corrected chi connectivity index (χ0v) is 12.2. The fraction of sp³-hybridized carbons (Fsp3) is 0.571. The first-order valence-corrected chi connectivity index (χ1v) is 6.75. The van der Waals surface area contributed by atoms with Crippen molar-refractivity contribution in [3.63, 3.8) is 0 Å². The Morgan fingerprint density at radius 1 is 1.40 bits per heavy atom. The number of hydrogen-bond acceptors (Lipinski definition) is 5. The molecule has 0 amide bonds. The molecule has 0 spiro atoms. The highest BCUT2D eigenvalue weighted by atomic mass is 16.6. The summed E-state index contributed by atoms with van der Waals surface area (Å²) in [7, 11) is 1.63. The predicted molar refractivity (Wildman–Crippen MR) is 78.5 cm³/mol. The number of nitrogens with zero attached hydrogens (tertiary/aromatic N) is 1. The van der Waals surface area contributed by atoms with E-state index in [0.29, 0.717) is 24.7 Å². The molecule has 1 N–H and O–H groups in total. The lowest BCUT2D eigenvalue weighted by Gasteiger charge is -2.16. The summed E-state index contributed by atoms with van der Waals surface area (Å²) in [5, 5.41) is 14.4. The second kappa shape index (κ2) is 8.37. The Hall–Kier alpha value is -1.82. The van der Waals surface area contributed by atoms with Gasteiger partial charge >= 0.3 is 5.69 Å². The van der Waals surface area contributed by atoms with Gasteiger partial charge < -0.3 is 14.8 Å². The quantitative estimate of drug-likeness (QED) is 0.556. The van der Waals surface area contributed by atoms with Gasteiger partial charge in [-0.1, -0.05) is 13.0 Å². The van der Waals surface area contributed by atoms with Gasteiger partial charge in [0.1, 0.15) is 5.69 Å². The van der Waals surface area contributed by atoms with Crippen molar-refractivity contribution in [1.29, 1.82) is 0 Å². The molecule has 0 aliphatic rings. The Morgan fingerprint density at radius 2 is 2.15 bits per heavy atom. The molecule has 1 rings (SSSR count). The van der Waals surface area contributed by atoms with Crippen LogP contribution in [0.2, 0.25) is 0 Å². The molecule has 0 aromatic heterocycles. The van der Waals surface area contributed by atoms with E-state index in [4.69, 9.17) is 9.47 Å². The van der Waals surface area contributed by atoms with Gasteiger partial charge in [0.25, 0.3) is 0 Å². The molecule has 0 aliphatic carbocycles. The Balaban J connectivity index is 2.91. The van der Waals surface area contributed by atoms with E-state index in [9.17, 15) is 10.1 Å². The Morgan fingerprint density at radius 3 is 2.75 bits per heavy atom. The van der Waals surface area contributed by atoms with Crippen LogP contribution < -0.4 is 10.1 Å². The third-order valence-electron chi connectivity index (χ3n) is 2.80. The van der Waals surface area contributed by atoms with Gasteiger partial charge in [0.05, 0.1) is 11.5 Å². The van der Waals surface area contributed by atoms with Crippen molar-refractivity contribution in [2.45, 2.75) is 32.7 Å². The molecule has 0 bridgehead atoms. The molecule has 1 aromatic carbocycles. The normalized spacial score (nSPS) is 11.9. The molecule has 0 heterocycles. The van der Waals surface area contributed by atoms with Crippen LogP contribution in [0, 0.1) is 10.1 Å². The minimum atomic E-state index is -0.406. The van der Waals surface area contributed by atoms with Crippen molar-refractivity contribution in [2.24, 2.45) is 0 Å². The van der Waals surface area contributed by atoms with Crippen molar-refractivity contribution >= 4 is 11.4 Å². The highest BCUT2D eigenvalue weighted by Crippen LogP contribution is 2.35. The average molecular weight is 282 g/mol. The first kappa shape index (κ1) is 16.2. The van der Waals surface area contributed by atoms with Crippen LogP contribution in [0.1, 0.15) is 26.7 Å². The first-order chi connectivity index (χ1) is 9.60. The smallest absolute Gasteiger partial charge is 0.333 e. The molecule has 6 nitrogen and oxygen atoms in total. The van der Waals surface area contributed by atoms with Gasteiger partial charge in [-0.25, -0.2) is 0 Å². The van der Waals surface area contributed by atoms with Crippen LogP contribution in [0.4, 0.5) is 11.4 Å². The number of ether oxygens (including phenoxy) is 2. The number of nitro benzene ring substituents is 1. The molecule has 1 aromatic rings. The predicted octanol–water partition coefficient (Wildman–Crippen LogP) is 3.22. The van der Waals surface area contributed by atoms with Gasteiger partial charge in [-0.2, -0.15) is 0 Å². The van der Waals surface area contributed by atoms with Crippen molar-refractivity contribution in [2.75, 3.05) is 25.6 Å². The summed E-state index contributed by atoms with van der Waals surface area (Å²) >= 11 is 0. The van der Waals surface area contributed by atoms with Crippen molar-refractivity contribution in [1.82, 2.24) is 0 Å². The molecule has 112 valence electrons. The van der Waals surface area contributed by atoms with E-state index >= 15 is 0 Å². The molecule has 6 heteroatoms. The average Bonchev–Trinajstić information content (AvgIpc) is 2.42. The van der Waals surface area contributed by atoms with Gasteiger partial charge in [0, 0.05) is 19.8 Å². The maximum Gasteiger partial charge on any atom is 0.333 e. The first-order valence-electron chi connectivity index (χ1n) is 6.75. The van der Waals surface area contributed by atoms with E-state index in [0.717, 1.165) is 12.8 Å². The third kappa shape index (κ3) is 4.70. The van der Waals surface area contributed by atoms with E-state index in [1.54, 1.807) is 25.3 Å². The van der Waals surface area contributed by atoms with Crippen LogP contribution >= 0.6 is 0 Å². The van der Waals surface area contributed by atoms with E-state index in [-0.39, 0.29) is 11.7 Å². The van der Waals surface area contributed by atoms with Crippen LogP contribution in [0.3, 0.4) is 0 Å². The summed E-state index contributed by atoms with van der Waals surface area (Å²) in [5.74, 6) is 0.306. The standard InChI is InChI=1S/C14H22N2O4/c1-4-9-20-13-7-5-6-12(14(13)16(17)18)15-11(2)8-10-19-3/h5-7,11,15H,4,8-10H2,1-3H3. The number of benzene rings is 1. The molecular formula is C14H22N2O4. The van der Waals surface area contributed by atoms with Crippen LogP contribution in [0.25, 0.3) is 0 Å². The molecule has 0 saturated heterocycles. The summed E-state index contributed by atoms with van der Waals surface area (Å²) in [5.41, 5.74) is 0.470. The lowest BCUT2D eigenvalue weighted by atomic mass is 10.2. The van der Waals surface area contributed by atoms with E-state index in [1.165, 1.54) is 0 Å².